The van der Waals surface area contributed by atoms with Gasteiger partial charge in [-0.2, -0.15) is 0 Å². The molecule has 0 bridgehead atoms. The van der Waals surface area contributed by atoms with Gasteiger partial charge in [0, 0.05) is 18.6 Å². The van der Waals surface area contributed by atoms with Crippen LogP contribution in [0.3, 0.4) is 0 Å². The molecule has 0 saturated carbocycles. The largest absolute Gasteiger partial charge is 0.394 e. The molecule has 0 heterocycles. The monoisotopic (exact) mass is 240 g/mol. The van der Waals surface area contributed by atoms with Gasteiger partial charge in [-0.3, -0.25) is 9.69 Å². The molecular weight excluding hydrogens is 216 g/mol. The Hall–Kier alpha value is -1.13. The Balaban J connectivity index is 4.48. The van der Waals surface area contributed by atoms with Crippen LogP contribution in [0.5, 0.6) is 0 Å². The lowest BCUT2D eigenvalue weighted by Crippen LogP contribution is -2.49. The first-order chi connectivity index (χ1) is 7.88. The van der Waals surface area contributed by atoms with Crippen LogP contribution >= 0.6 is 0 Å². The molecule has 98 valence electrons. The molecule has 0 rings (SSSR count). The van der Waals surface area contributed by atoms with Gasteiger partial charge >= 0.3 is 0 Å². The molecule has 0 saturated heterocycles. The van der Waals surface area contributed by atoms with Gasteiger partial charge in [0.05, 0.1) is 13.2 Å². The SMILES string of the molecule is C=CCN(CC=C)C(=O)CN(C)C(C)(C)CO. The van der Waals surface area contributed by atoms with Gasteiger partial charge in [-0.15, -0.1) is 13.2 Å². The maximum Gasteiger partial charge on any atom is 0.237 e. The third kappa shape index (κ3) is 5.15. The van der Waals surface area contributed by atoms with Gasteiger partial charge in [0.2, 0.25) is 5.91 Å². The van der Waals surface area contributed by atoms with E-state index in [-0.39, 0.29) is 19.1 Å². The molecule has 0 atom stereocenters. The van der Waals surface area contributed by atoms with E-state index in [4.69, 9.17) is 0 Å². The van der Waals surface area contributed by atoms with Gasteiger partial charge in [-0.1, -0.05) is 12.2 Å². The van der Waals surface area contributed by atoms with Crippen LogP contribution in [0.15, 0.2) is 25.3 Å². The van der Waals surface area contributed by atoms with Gasteiger partial charge in [-0.25, -0.2) is 0 Å². The fourth-order valence-corrected chi connectivity index (χ4v) is 1.23. The lowest BCUT2D eigenvalue weighted by atomic mass is 10.1. The van der Waals surface area contributed by atoms with E-state index in [1.54, 1.807) is 17.1 Å². The number of nitrogens with zero attached hydrogens (tertiary/aromatic N) is 2. The number of carbonyl (C=O) groups excluding carboxylic acids is 1. The fraction of sp³-hybridized carbons (Fsp3) is 0.615. The van der Waals surface area contributed by atoms with Crippen LogP contribution in [-0.2, 0) is 4.79 Å². The highest BCUT2D eigenvalue weighted by atomic mass is 16.3. The van der Waals surface area contributed by atoms with Crippen molar-refractivity contribution in [3.05, 3.63) is 25.3 Å². The average molecular weight is 240 g/mol. The van der Waals surface area contributed by atoms with Crippen molar-refractivity contribution in [1.82, 2.24) is 9.80 Å². The molecular formula is C13H24N2O2. The number of rotatable bonds is 8. The summed E-state index contributed by atoms with van der Waals surface area (Å²) in [5.41, 5.74) is -0.399. The molecule has 17 heavy (non-hydrogen) atoms. The van der Waals surface area contributed by atoms with E-state index < -0.39 is 5.54 Å². The molecule has 1 amide bonds. The molecule has 0 radical (unpaired) electrons. The summed E-state index contributed by atoms with van der Waals surface area (Å²) in [6.07, 6.45) is 3.39. The second-order valence-electron chi connectivity index (χ2n) is 4.70. The van der Waals surface area contributed by atoms with Crippen molar-refractivity contribution in [2.45, 2.75) is 19.4 Å². The van der Waals surface area contributed by atoms with Gasteiger partial charge in [-0.05, 0) is 20.9 Å². The predicted octanol–water partition coefficient (Wildman–Crippen LogP) is 0.890. The van der Waals surface area contributed by atoms with Crippen LogP contribution in [-0.4, -0.2) is 59.6 Å². The Bertz CT molecular complexity index is 265. The molecule has 0 fully saturated rings. The van der Waals surface area contributed by atoms with E-state index in [1.807, 2.05) is 25.8 Å². The summed E-state index contributed by atoms with van der Waals surface area (Å²) in [5, 5.41) is 9.22. The highest BCUT2D eigenvalue weighted by molar-refractivity contribution is 5.78. The third-order valence-corrected chi connectivity index (χ3v) is 2.84. The lowest BCUT2D eigenvalue weighted by Gasteiger charge is -2.34. The van der Waals surface area contributed by atoms with Crippen molar-refractivity contribution < 1.29 is 9.90 Å². The van der Waals surface area contributed by atoms with Crippen LogP contribution < -0.4 is 0 Å². The number of aliphatic hydroxyl groups is 1. The molecule has 1 N–H and O–H groups in total. The van der Waals surface area contributed by atoms with Gasteiger partial charge in [0.25, 0.3) is 0 Å². The molecule has 0 aromatic rings. The van der Waals surface area contributed by atoms with Crippen molar-refractivity contribution in [3.8, 4) is 0 Å². The van der Waals surface area contributed by atoms with Crippen LogP contribution in [0.25, 0.3) is 0 Å². The summed E-state index contributed by atoms with van der Waals surface area (Å²) in [6, 6.07) is 0. The van der Waals surface area contributed by atoms with Crippen LogP contribution in [0, 0.1) is 0 Å². The summed E-state index contributed by atoms with van der Waals surface area (Å²) >= 11 is 0. The Morgan fingerprint density at radius 1 is 1.29 bits per heavy atom. The number of hydrogen-bond acceptors (Lipinski definition) is 3. The number of aliphatic hydroxyl groups excluding tert-OH is 1. The Labute approximate surface area is 104 Å². The smallest absolute Gasteiger partial charge is 0.237 e. The number of likely N-dealkylation sites (N-methyl/N-ethyl adjacent to an activating group) is 1. The first-order valence-electron chi connectivity index (χ1n) is 5.70. The lowest BCUT2D eigenvalue weighted by molar-refractivity contribution is -0.132. The van der Waals surface area contributed by atoms with Crippen molar-refractivity contribution in [2.24, 2.45) is 0 Å². The summed E-state index contributed by atoms with van der Waals surface area (Å²) in [6.45, 7) is 12.4. The van der Waals surface area contributed by atoms with Gasteiger partial charge in [0.1, 0.15) is 0 Å². The minimum Gasteiger partial charge on any atom is -0.394 e. The van der Waals surface area contributed by atoms with E-state index >= 15 is 0 Å². The summed E-state index contributed by atoms with van der Waals surface area (Å²) in [7, 11) is 1.83. The highest BCUT2D eigenvalue weighted by Gasteiger charge is 2.25. The van der Waals surface area contributed by atoms with E-state index in [2.05, 4.69) is 13.2 Å². The molecule has 0 unspecified atom stereocenters. The molecule has 0 aliphatic rings. The maximum absolute atomic E-state index is 12.0. The Morgan fingerprint density at radius 2 is 1.76 bits per heavy atom. The normalized spacial score (nSPS) is 11.4. The van der Waals surface area contributed by atoms with E-state index in [1.165, 1.54) is 0 Å². The summed E-state index contributed by atoms with van der Waals surface area (Å²) in [4.78, 5) is 15.5. The predicted molar refractivity (Wildman–Crippen MR) is 70.8 cm³/mol. The zero-order valence-corrected chi connectivity index (χ0v) is 11.1. The third-order valence-electron chi connectivity index (χ3n) is 2.84. The zero-order chi connectivity index (χ0) is 13.5. The average Bonchev–Trinajstić information content (AvgIpc) is 2.28. The quantitative estimate of drug-likeness (QED) is 0.641. The van der Waals surface area contributed by atoms with E-state index in [0.29, 0.717) is 13.1 Å². The zero-order valence-electron chi connectivity index (χ0n) is 11.1. The number of amides is 1. The molecule has 4 nitrogen and oxygen atoms in total. The molecule has 0 aliphatic heterocycles. The first-order valence-corrected chi connectivity index (χ1v) is 5.70. The van der Waals surface area contributed by atoms with Crippen LogP contribution in [0.2, 0.25) is 0 Å². The fourth-order valence-electron chi connectivity index (χ4n) is 1.23. The highest BCUT2D eigenvalue weighted by Crippen LogP contribution is 2.10. The van der Waals surface area contributed by atoms with Crippen molar-refractivity contribution >= 4 is 5.91 Å². The van der Waals surface area contributed by atoms with Crippen molar-refractivity contribution in [1.29, 1.82) is 0 Å². The minimum absolute atomic E-state index is 0.00817. The molecule has 0 aromatic carbocycles. The topological polar surface area (TPSA) is 43.8 Å². The Kier molecular flexibility index (Phi) is 6.76. The van der Waals surface area contributed by atoms with Gasteiger partial charge in [0.15, 0.2) is 0 Å². The molecule has 4 heteroatoms. The van der Waals surface area contributed by atoms with Gasteiger partial charge < -0.3 is 10.0 Å². The van der Waals surface area contributed by atoms with Crippen LogP contribution in [0.1, 0.15) is 13.8 Å². The van der Waals surface area contributed by atoms with E-state index in [9.17, 15) is 9.90 Å². The Morgan fingerprint density at radius 3 is 2.12 bits per heavy atom. The second-order valence-corrected chi connectivity index (χ2v) is 4.70. The maximum atomic E-state index is 12.0. The molecule has 0 spiro atoms. The number of hydrogen-bond donors (Lipinski definition) is 1. The number of carbonyl (C=O) groups is 1. The standard InChI is InChI=1S/C13H24N2O2/c1-6-8-15(9-7-2)12(17)10-14(5)13(3,4)11-16/h6-7,16H,1-2,8-11H2,3-5H3. The van der Waals surface area contributed by atoms with Crippen molar-refractivity contribution in [2.75, 3.05) is 33.3 Å². The minimum atomic E-state index is -0.399. The first kappa shape index (κ1) is 15.9. The van der Waals surface area contributed by atoms with Crippen LogP contribution in [0.4, 0.5) is 0 Å². The molecule has 0 aromatic heterocycles. The van der Waals surface area contributed by atoms with E-state index in [0.717, 1.165) is 0 Å². The van der Waals surface area contributed by atoms with Crippen molar-refractivity contribution in [3.63, 3.8) is 0 Å². The second kappa shape index (κ2) is 7.25. The summed E-state index contributed by atoms with van der Waals surface area (Å²) in [5.74, 6) is 0.00817. The summed E-state index contributed by atoms with van der Waals surface area (Å²) < 4.78 is 0. The molecule has 0 aliphatic carbocycles.